The molecule has 7 nitrogen and oxygen atoms in total. The van der Waals surface area contributed by atoms with Gasteiger partial charge in [-0.25, -0.2) is 0 Å². The number of fused-ring (bicyclic) bond motifs is 1. The third kappa shape index (κ3) is 3.75. The molecule has 0 bridgehead atoms. The summed E-state index contributed by atoms with van der Waals surface area (Å²) in [6, 6.07) is 13.6. The molecule has 154 valence electrons. The highest BCUT2D eigenvalue weighted by Crippen LogP contribution is 2.47. The quantitative estimate of drug-likeness (QED) is 0.616. The lowest BCUT2D eigenvalue weighted by molar-refractivity contribution is -0.113. The lowest BCUT2D eigenvalue weighted by atomic mass is 10.2. The first-order valence-electron chi connectivity index (χ1n) is 10.0. The Morgan fingerprint density at radius 2 is 1.90 bits per heavy atom. The molecule has 1 saturated carbocycles. The number of anilines is 1. The number of ether oxygens (including phenoxy) is 2. The molecule has 5 rings (SSSR count). The number of hydrogen-bond donors (Lipinski definition) is 1. The monoisotopic (exact) mass is 422 g/mol. The fraction of sp³-hybridized carbons (Fsp3) is 0.318. The summed E-state index contributed by atoms with van der Waals surface area (Å²) in [5.74, 6) is 1.05. The van der Waals surface area contributed by atoms with Crippen LogP contribution < -0.4 is 14.8 Å². The zero-order chi connectivity index (χ0) is 20.6. The molecular weight excluding hydrogens is 400 g/mol. The molecule has 3 aromatic rings. The summed E-state index contributed by atoms with van der Waals surface area (Å²) in [4.78, 5) is 12.5. The Morgan fingerprint density at radius 1 is 1.13 bits per heavy atom. The second-order valence-electron chi connectivity index (χ2n) is 7.64. The molecule has 2 heterocycles. The van der Waals surface area contributed by atoms with E-state index >= 15 is 0 Å². The van der Waals surface area contributed by atoms with Crippen molar-refractivity contribution < 1.29 is 14.3 Å². The molecule has 2 aromatic carbocycles. The Bertz CT molecular complexity index is 1070. The maximum atomic E-state index is 12.5. The molecule has 1 N–H and O–H groups in total. The van der Waals surface area contributed by atoms with Crippen LogP contribution in [0.15, 0.2) is 53.9 Å². The standard InChI is InChI=1S/C22H22N4O3S/c1-15-4-7-17(8-5-15)26-14-23-25-21(26)30-13-20(27)24-16-6-9-18-19(12-16)29-22(28-18)10-2-3-11-22/h4-9,12,14H,2-3,10-11,13H2,1H3,(H,24,27). The van der Waals surface area contributed by atoms with Crippen LogP contribution in [0.5, 0.6) is 11.5 Å². The van der Waals surface area contributed by atoms with Gasteiger partial charge in [0.2, 0.25) is 5.91 Å². The third-order valence-corrected chi connectivity index (χ3v) is 6.29. The predicted molar refractivity (Wildman–Crippen MR) is 114 cm³/mol. The van der Waals surface area contributed by atoms with Gasteiger partial charge < -0.3 is 14.8 Å². The first kappa shape index (κ1) is 19.0. The molecule has 1 aliphatic carbocycles. The summed E-state index contributed by atoms with van der Waals surface area (Å²) in [5.41, 5.74) is 2.84. The van der Waals surface area contributed by atoms with E-state index in [1.54, 1.807) is 6.33 Å². The van der Waals surface area contributed by atoms with Crippen LogP contribution in [-0.4, -0.2) is 32.2 Å². The fourth-order valence-electron chi connectivity index (χ4n) is 3.82. The van der Waals surface area contributed by atoms with Gasteiger partial charge in [-0.3, -0.25) is 9.36 Å². The van der Waals surface area contributed by atoms with Gasteiger partial charge in [0.15, 0.2) is 16.7 Å². The summed E-state index contributed by atoms with van der Waals surface area (Å²) < 4.78 is 14.0. The second-order valence-corrected chi connectivity index (χ2v) is 8.58. The van der Waals surface area contributed by atoms with Crippen molar-refractivity contribution in [2.24, 2.45) is 0 Å². The van der Waals surface area contributed by atoms with E-state index in [0.29, 0.717) is 16.6 Å². The van der Waals surface area contributed by atoms with E-state index in [9.17, 15) is 4.79 Å². The van der Waals surface area contributed by atoms with Crippen LogP contribution in [-0.2, 0) is 4.79 Å². The van der Waals surface area contributed by atoms with Crippen molar-refractivity contribution in [1.29, 1.82) is 0 Å². The van der Waals surface area contributed by atoms with Gasteiger partial charge in [-0.2, -0.15) is 0 Å². The van der Waals surface area contributed by atoms with Crippen molar-refractivity contribution in [2.45, 2.75) is 43.6 Å². The van der Waals surface area contributed by atoms with Crippen molar-refractivity contribution >= 4 is 23.4 Å². The Labute approximate surface area is 178 Å². The summed E-state index contributed by atoms with van der Waals surface area (Å²) in [7, 11) is 0. The van der Waals surface area contributed by atoms with E-state index < -0.39 is 5.79 Å². The van der Waals surface area contributed by atoms with E-state index in [1.807, 2.05) is 54.0 Å². The molecule has 0 atom stereocenters. The van der Waals surface area contributed by atoms with Crippen molar-refractivity contribution in [2.75, 3.05) is 11.1 Å². The average molecular weight is 423 g/mol. The lowest BCUT2D eigenvalue weighted by Gasteiger charge is -2.21. The molecule has 0 radical (unpaired) electrons. The van der Waals surface area contributed by atoms with Gasteiger partial charge in [0.25, 0.3) is 5.79 Å². The molecule has 1 aromatic heterocycles. The molecule has 0 saturated heterocycles. The normalized spacial score (nSPS) is 16.2. The molecule has 1 spiro atoms. The zero-order valence-electron chi connectivity index (χ0n) is 16.6. The fourth-order valence-corrected chi connectivity index (χ4v) is 4.55. The number of carbonyl (C=O) groups is 1. The maximum absolute atomic E-state index is 12.5. The van der Waals surface area contributed by atoms with Crippen LogP contribution in [0.4, 0.5) is 5.69 Å². The minimum atomic E-state index is -0.499. The molecular formula is C22H22N4O3S. The molecule has 1 fully saturated rings. The summed E-state index contributed by atoms with van der Waals surface area (Å²) >= 11 is 1.34. The Balaban J connectivity index is 1.21. The Morgan fingerprint density at radius 3 is 2.70 bits per heavy atom. The first-order valence-corrected chi connectivity index (χ1v) is 11.0. The minimum absolute atomic E-state index is 0.118. The van der Waals surface area contributed by atoms with E-state index in [-0.39, 0.29) is 11.7 Å². The summed E-state index contributed by atoms with van der Waals surface area (Å²) in [6.45, 7) is 2.04. The van der Waals surface area contributed by atoms with Crippen molar-refractivity contribution in [3.63, 3.8) is 0 Å². The number of hydrogen-bond acceptors (Lipinski definition) is 6. The Kier molecular flexibility index (Phi) is 4.86. The largest absolute Gasteiger partial charge is 0.448 e. The average Bonchev–Trinajstić information content (AvgIpc) is 3.47. The van der Waals surface area contributed by atoms with Gasteiger partial charge in [-0.05, 0) is 44.0 Å². The van der Waals surface area contributed by atoms with Crippen LogP contribution in [0, 0.1) is 6.92 Å². The highest BCUT2D eigenvalue weighted by atomic mass is 32.2. The van der Waals surface area contributed by atoms with E-state index in [0.717, 1.165) is 37.1 Å². The van der Waals surface area contributed by atoms with Crippen LogP contribution in [0.2, 0.25) is 0 Å². The van der Waals surface area contributed by atoms with Crippen LogP contribution >= 0.6 is 11.8 Å². The lowest BCUT2D eigenvalue weighted by Crippen LogP contribution is -2.34. The van der Waals surface area contributed by atoms with E-state index in [2.05, 4.69) is 15.5 Å². The minimum Gasteiger partial charge on any atom is -0.448 e. The first-order chi connectivity index (χ1) is 14.6. The highest BCUT2D eigenvalue weighted by Gasteiger charge is 2.44. The second kappa shape index (κ2) is 7.68. The van der Waals surface area contributed by atoms with Gasteiger partial charge in [-0.1, -0.05) is 29.5 Å². The molecule has 8 heteroatoms. The van der Waals surface area contributed by atoms with Gasteiger partial charge >= 0.3 is 0 Å². The van der Waals surface area contributed by atoms with Crippen molar-refractivity contribution in [3.05, 3.63) is 54.4 Å². The van der Waals surface area contributed by atoms with Gasteiger partial charge in [-0.15, -0.1) is 10.2 Å². The molecule has 1 amide bonds. The summed E-state index contributed by atoms with van der Waals surface area (Å²) in [5, 5.41) is 11.7. The number of benzene rings is 2. The van der Waals surface area contributed by atoms with Gasteiger partial charge in [0.1, 0.15) is 6.33 Å². The van der Waals surface area contributed by atoms with Gasteiger partial charge in [0, 0.05) is 30.3 Å². The zero-order valence-corrected chi connectivity index (χ0v) is 17.4. The topological polar surface area (TPSA) is 78.3 Å². The van der Waals surface area contributed by atoms with E-state index in [4.69, 9.17) is 9.47 Å². The summed E-state index contributed by atoms with van der Waals surface area (Å²) in [6.07, 6.45) is 5.69. The number of thioether (sulfide) groups is 1. The number of rotatable bonds is 5. The van der Waals surface area contributed by atoms with Crippen LogP contribution in [0.3, 0.4) is 0 Å². The smallest absolute Gasteiger partial charge is 0.251 e. The number of aryl methyl sites for hydroxylation is 1. The Hall–Kier alpha value is -3.00. The molecule has 30 heavy (non-hydrogen) atoms. The highest BCUT2D eigenvalue weighted by molar-refractivity contribution is 7.99. The van der Waals surface area contributed by atoms with Crippen LogP contribution in [0.1, 0.15) is 31.2 Å². The number of nitrogens with zero attached hydrogens (tertiary/aromatic N) is 3. The maximum Gasteiger partial charge on any atom is 0.251 e. The number of amides is 1. The van der Waals surface area contributed by atoms with Crippen molar-refractivity contribution in [1.82, 2.24) is 14.8 Å². The van der Waals surface area contributed by atoms with E-state index in [1.165, 1.54) is 17.3 Å². The SMILES string of the molecule is Cc1ccc(-n2cnnc2SCC(=O)Nc2ccc3c(c2)OC2(CCCC2)O3)cc1. The number of aromatic nitrogens is 3. The number of carbonyl (C=O) groups excluding carboxylic acids is 1. The molecule has 2 aliphatic rings. The van der Waals surface area contributed by atoms with Gasteiger partial charge in [0.05, 0.1) is 5.75 Å². The van der Waals surface area contributed by atoms with Crippen LogP contribution in [0.25, 0.3) is 5.69 Å². The predicted octanol–water partition coefficient (Wildman–Crippen LogP) is 4.35. The van der Waals surface area contributed by atoms with Crippen molar-refractivity contribution in [3.8, 4) is 17.2 Å². The number of nitrogens with one attached hydrogen (secondary N) is 1. The molecule has 1 aliphatic heterocycles. The molecule has 0 unspecified atom stereocenters. The third-order valence-electron chi connectivity index (χ3n) is 5.35.